The fourth-order valence-corrected chi connectivity index (χ4v) is 2.55. The lowest BCUT2D eigenvalue weighted by molar-refractivity contribution is 0.199. The first kappa shape index (κ1) is 15.3. The molecule has 0 amide bonds. The van der Waals surface area contributed by atoms with Crippen molar-refractivity contribution in [1.29, 1.82) is 0 Å². The number of piperazine rings is 1. The monoisotopic (exact) mass is 277 g/mol. The number of ether oxygens (including phenoxy) is 1. The normalized spacial score (nSPS) is 16.6. The Labute approximate surface area is 122 Å². The van der Waals surface area contributed by atoms with Crippen LogP contribution in [0.1, 0.15) is 12.5 Å². The van der Waals surface area contributed by atoms with E-state index in [0.717, 1.165) is 32.8 Å². The molecule has 2 rings (SSSR count). The van der Waals surface area contributed by atoms with Crippen LogP contribution in [-0.4, -0.2) is 57.9 Å². The molecule has 0 atom stereocenters. The van der Waals surface area contributed by atoms with E-state index in [1.165, 1.54) is 30.9 Å². The Balaban J connectivity index is 1.79. The molecule has 1 N–H and O–H groups in total. The number of hydrogen-bond acceptors (Lipinski definition) is 4. The van der Waals surface area contributed by atoms with Gasteiger partial charge in [0.2, 0.25) is 0 Å². The molecule has 1 aliphatic rings. The van der Waals surface area contributed by atoms with Gasteiger partial charge in [0.1, 0.15) is 0 Å². The van der Waals surface area contributed by atoms with E-state index in [1.54, 1.807) is 7.11 Å². The molecule has 0 aromatic heterocycles. The van der Waals surface area contributed by atoms with Crippen molar-refractivity contribution in [2.75, 3.05) is 57.9 Å². The molecule has 20 heavy (non-hydrogen) atoms. The van der Waals surface area contributed by atoms with Gasteiger partial charge in [0.25, 0.3) is 0 Å². The van der Waals surface area contributed by atoms with Crippen LogP contribution in [-0.2, 0) is 11.3 Å². The lowest BCUT2D eigenvalue weighted by atomic mass is 10.1. The molecule has 112 valence electrons. The molecule has 0 unspecified atom stereocenters. The van der Waals surface area contributed by atoms with E-state index in [2.05, 4.69) is 46.3 Å². The molecule has 0 saturated carbocycles. The third kappa shape index (κ3) is 4.47. The summed E-state index contributed by atoms with van der Waals surface area (Å²) in [5.74, 6) is 0. The summed E-state index contributed by atoms with van der Waals surface area (Å²) in [6, 6.07) is 8.94. The van der Waals surface area contributed by atoms with E-state index in [9.17, 15) is 0 Å². The number of anilines is 1. The van der Waals surface area contributed by atoms with Crippen LogP contribution in [0.3, 0.4) is 0 Å². The number of hydrogen-bond donors (Lipinski definition) is 1. The Morgan fingerprint density at radius 3 is 2.40 bits per heavy atom. The third-order valence-electron chi connectivity index (χ3n) is 3.93. The van der Waals surface area contributed by atoms with Crippen molar-refractivity contribution in [3.05, 3.63) is 29.8 Å². The summed E-state index contributed by atoms with van der Waals surface area (Å²) >= 11 is 0. The standard InChI is InChI=1S/C16H27N3O/c1-3-18-9-11-19(12-10-18)16-6-4-15(5-7-16)14-17-8-13-20-2/h4-7,17H,3,8-14H2,1-2H3. The van der Waals surface area contributed by atoms with Gasteiger partial charge in [-0.1, -0.05) is 19.1 Å². The lowest BCUT2D eigenvalue weighted by Gasteiger charge is -2.35. The summed E-state index contributed by atoms with van der Waals surface area (Å²) in [4.78, 5) is 4.99. The van der Waals surface area contributed by atoms with E-state index < -0.39 is 0 Å². The highest BCUT2D eigenvalue weighted by Gasteiger charge is 2.15. The maximum absolute atomic E-state index is 5.02. The second-order valence-electron chi connectivity index (χ2n) is 5.26. The molecule has 1 aliphatic heterocycles. The number of likely N-dealkylation sites (N-methyl/N-ethyl adjacent to an activating group) is 1. The van der Waals surface area contributed by atoms with Crippen LogP contribution in [0.15, 0.2) is 24.3 Å². The van der Waals surface area contributed by atoms with E-state index in [-0.39, 0.29) is 0 Å². The Hall–Kier alpha value is -1.10. The van der Waals surface area contributed by atoms with Crippen LogP contribution >= 0.6 is 0 Å². The topological polar surface area (TPSA) is 27.7 Å². The number of nitrogens with zero attached hydrogens (tertiary/aromatic N) is 2. The largest absolute Gasteiger partial charge is 0.383 e. The van der Waals surface area contributed by atoms with Crippen molar-refractivity contribution >= 4 is 5.69 Å². The van der Waals surface area contributed by atoms with Crippen molar-refractivity contribution < 1.29 is 4.74 Å². The zero-order valence-corrected chi connectivity index (χ0v) is 12.8. The summed E-state index contributed by atoms with van der Waals surface area (Å²) in [6.45, 7) is 10.6. The average Bonchev–Trinajstić information content (AvgIpc) is 2.52. The Kier molecular flexibility index (Phi) is 6.30. The highest BCUT2D eigenvalue weighted by Crippen LogP contribution is 2.17. The first-order valence-corrected chi connectivity index (χ1v) is 7.59. The molecular formula is C16H27N3O. The van der Waals surface area contributed by atoms with Crippen LogP contribution in [0.25, 0.3) is 0 Å². The van der Waals surface area contributed by atoms with Crippen molar-refractivity contribution in [3.8, 4) is 0 Å². The minimum atomic E-state index is 0.764. The van der Waals surface area contributed by atoms with Gasteiger partial charge in [-0.3, -0.25) is 0 Å². The van der Waals surface area contributed by atoms with E-state index in [1.807, 2.05) is 0 Å². The molecule has 1 saturated heterocycles. The summed E-state index contributed by atoms with van der Waals surface area (Å²) in [5.41, 5.74) is 2.68. The van der Waals surface area contributed by atoms with Gasteiger partial charge in [0.15, 0.2) is 0 Å². The van der Waals surface area contributed by atoms with Crippen LogP contribution in [0.5, 0.6) is 0 Å². The predicted octanol–water partition coefficient (Wildman–Crippen LogP) is 1.56. The van der Waals surface area contributed by atoms with Crippen LogP contribution < -0.4 is 10.2 Å². The maximum Gasteiger partial charge on any atom is 0.0587 e. The van der Waals surface area contributed by atoms with E-state index in [4.69, 9.17) is 4.74 Å². The SMILES string of the molecule is CCN1CCN(c2ccc(CNCCOC)cc2)CC1. The molecule has 1 aromatic rings. The Bertz CT molecular complexity index is 372. The van der Waals surface area contributed by atoms with Gasteiger partial charge in [0.05, 0.1) is 6.61 Å². The maximum atomic E-state index is 5.02. The molecule has 0 spiro atoms. The summed E-state index contributed by atoms with van der Waals surface area (Å²) in [5, 5.41) is 3.37. The minimum Gasteiger partial charge on any atom is -0.383 e. The van der Waals surface area contributed by atoms with Crippen molar-refractivity contribution in [1.82, 2.24) is 10.2 Å². The number of nitrogens with one attached hydrogen (secondary N) is 1. The first-order chi connectivity index (χ1) is 9.83. The average molecular weight is 277 g/mol. The molecule has 1 heterocycles. The van der Waals surface area contributed by atoms with E-state index >= 15 is 0 Å². The van der Waals surface area contributed by atoms with E-state index in [0.29, 0.717) is 0 Å². The predicted molar refractivity (Wildman–Crippen MR) is 84.4 cm³/mol. The highest BCUT2D eigenvalue weighted by molar-refractivity contribution is 5.48. The van der Waals surface area contributed by atoms with Crippen LogP contribution in [0, 0.1) is 0 Å². The second kappa shape index (κ2) is 8.25. The van der Waals surface area contributed by atoms with Gasteiger partial charge in [-0.15, -0.1) is 0 Å². The number of methoxy groups -OCH3 is 1. The molecule has 0 radical (unpaired) electrons. The van der Waals surface area contributed by atoms with Crippen molar-refractivity contribution in [2.45, 2.75) is 13.5 Å². The van der Waals surface area contributed by atoms with Crippen molar-refractivity contribution in [3.63, 3.8) is 0 Å². The molecule has 0 bridgehead atoms. The highest BCUT2D eigenvalue weighted by atomic mass is 16.5. The number of benzene rings is 1. The second-order valence-corrected chi connectivity index (χ2v) is 5.26. The zero-order chi connectivity index (χ0) is 14.2. The fraction of sp³-hybridized carbons (Fsp3) is 0.625. The molecule has 1 fully saturated rings. The van der Waals surface area contributed by atoms with Crippen molar-refractivity contribution in [2.24, 2.45) is 0 Å². The first-order valence-electron chi connectivity index (χ1n) is 7.59. The van der Waals surface area contributed by atoms with Gasteiger partial charge < -0.3 is 19.9 Å². The minimum absolute atomic E-state index is 0.764. The smallest absolute Gasteiger partial charge is 0.0587 e. The molecule has 1 aromatic carbocycles. The van der Waals surface area contributed by atoms with Gasteiger partial charge in [-0.05, 0) is 24.2 Å². The number of rotatable bonds is 7. The van der Waals surface area contributed by atoms with Gasteiger partial charge in [0, 0.05) is 52.1 Å². The Morgan fingerprint density at radius 1 is 1.10 bits per heavy atom. The zero-order valence-electron chi connectivity index (χ0n) is 12.8. The molecular weight excluding hydrogens is 250 g/mol. The molecule has 4 heteroatoms. The third-order valence-corrected chi connectivity index (χ3v) is 3.93. The van der Waals surface area contributed by atoms with Gasteiger partial charge >= 0.3 is 0 Å². The quantitative estimate of drug-likeness (QED) is 0.766. The Morgan fingerprint density at radius 2 is 1.80 bits per heavy atom. The molecule has 0 aliphatic carbocycles. The summed E-state index contributed by atoms with van der Waals surface area (Å²) in [7, 11) is 1.73. The summed E-state index contributed by atoms with van der Waals surface area (Å²) in [6.07, 6.45) is 0. The molecule has 4 nitrogen and oxygen atoms in total. The van der Waals surface area contributed by atoms with Crippen LogP contribution in [0.4, 0.5) is 5.69 Å². The van der Waals surface area contributed by atoms with Gasteiger partial charge in [-0.2, -0.15) is 0 Å². The van der Waals surface area contributed by atoms with Crippen LogP contribution in [0.2, 0.25) is 0 Å². The lowest BCUT2D eigenvalue weighted by Crippen LogP contribution is -2.46. The fourth-order valence-electron chi connectivity index (χ4n) is 2.55. The summed E-state index contributed by atoms with van der Waals surface area (Å²) < 4.78 is 5.02. The van der Waals surface area contributed by atoms with Gasteiger partial charge in [-0.25, -0.2) is 0 Å².